The Morgan fingerprint density at radius 2 is 1.73 bits per heavy atom. The molecule has 0 bridgehead atoms. The molecule has 2 aromatic carbocycles. The summed E-state index contributed by atoms with van der Waals surface area (Å²) in [6, 6.07) is 8.22. The van der Waals surface area contributed by atoms with E-state index in [1.54, 1.807) is 6.07 Å². The molecule has 2 aromatic rings. The molecule has 2 aliphatic carbocycles. The molecule has 3 fully saturated rings. The van der Waals surface area contributed by atoms with Crippen molar-refractivity contribution in [3.05, 3.63) is 64.5 Å². The molecule has 6 nitrogen and oxygen atoms in total. The van der Waals surface area contributed by atoms with Crippen LogP contribution in [0.4, 0.5) is 17.6 Å². The van der Waals surface area contributed by atoms with Crippen molar-refractivity contribution >= 4 is 17.0 Å². The molecule has 2 N–H and O–H groups in total. The molecule has 0 aromatic heterocycles. The van der Waals surface area contributed by atoms with Gasteiger partial charge in [-0.25, -0.2) is 4.39 Å². The number of ether oxygens (including phenoxy) is 1. The summed E-state index contributed by atoms with van der Waals surface area (Å²) < 4.78 is 79.1. The molecule has 5 rings (SSSR count). The maximum Gasteiger partial charge on any atom is 0.419 e. The van der Waals surface area contributed by atoms with E-state index in [0.29, 0.717) is 38.4 Å². The topological polar surface area (TPSA) is 95.7 Å². The zero-order valence-electron chi connectivity index (χ0n) is 20.1. The van der Waals surface area contributed by atoms with Crippen molar-refractivity contribution in [3.63, 3.8) is 0 Å². The normalized spacial score (nSPS) is 19.6. The lowest BCUT2D eigenvalue weighted by Crippen LogP contribution is -2.38. The van der Waals surface area contributed by atoms with Crippen molar-refractivity contribution in [2.75, 3.05) is 13.1 Å². The highest BCUT2D eigenvalue weighted by molar-refractivity contribution is 7.80. The number of carbonyl (C=O) groups is 1. The quantitative estimate of drug-likeness (QED) is 0.398. The Morgan fingerprint density at radius 1 is 1.08 bits per heavy atom. The lowest BCUT2D eigenvalue weighted by molar-refractivity contribution is -0.139. The van der Waals surface area contributed by atoms with Crippen LogP contribution in [-0.2, 0) is 23.8 Å². The third kappa shape index (κ3) is 7.52. The monoisotopic (exact) mass is 541 g/mol. The minimum atomic E-state index is -4.46. The van der Waals surface area contributed by atoms with Gasteiger partial charge in [0, 0.05) is 24.9 Å². The summed E-state index contributed by atoms with van der Waals surface area (Å²) in [5.74, 6) is -1.21. The van der Waals surface area contributed by atoms with E-state index in [1.807, 2.05) is 0 Å². The third-order valence-electron chi connectivity index (χ3n) is 6.72. The van der Waals surface area contributed by atoms with Gasteiger partial charge in [0.15, 0.2) is 0 Å². The van der Waals surface area contributed by atoms with Crippen molar-refractivity contribution in [3.8, 4) is 5.75 Å². The SMILES string of the molecule is NC(=O)c1cc(C2CC2)c(CN2CCC(Oc3ccccc3C(F)(F)F)CC2)cc1F.O=S([O-])C1CC1. The van der Waals surface area contributed by atoms with Crippen molar-refractivity contribution < 1.29 is 35.9 Å². The summed E-state index contributed by atoms with van der Waals surface area (Å²) >= 11 is -1.76. The molecule has 1 heterocycles. The number of carbonyl (C=O) groups excluding carboxylic acids is 1. The van der Waals surface area contributed by atoms with Gasteiger partial charge in [-0.3, -0.25) is 13.9 Å². The van der Waals surface area contributed by atoms with Crippen LogP contribution in [-0.4, -0.2) is 44.0 Å². The number of hydrogen-bond acceptors (Lipinski definition) is 5. The minimum Gasteiger partial charge on any atom is -0.772 e. The van der Waals surface area contributed by atoms with E-state index in [2.05, 4.69) is 4.90 Å². The molecule has 3 aliphatic rings. The van der Waals surface area contributed by atoms with Gasteiger partial charge in [0.05, 0.1) is 11.1 Å². The largest absolute Gasteiger partial charge is 0.772 e. The van der Waals surface area contributed by atoms with Crippen LogP contribution in [0.5, 0.6) is 5.75 Å². The number of nitrogens with zero attached hydrogens (tertiary/aromatic N) is 1. The number of hydrogen-bond donors (Lipinski definition) is 1. The lowest BCUT2D eigenvalue weighted by atomic mass is 9.97. The number of halogens is 4. The average Bonchev–Trinajstić information content (AvgIpc) is 3.74. The van der Waals surface area contributed by atoms with Crippen LogP contribution in [0.15, 0.2) is 36.4 Å². The highest BCUT2D eigenvalue weighted by atomic mass is 32.2. The Balaban J connectivity index is 0.000000469. The second-order valence-electron chi connectivity index (χ2n) is 9.72. The smallest absolute Gasteiger partial charge is 0.419 e. The fourth-order valence-electron chi connectivity index (χ4n) is 4.40. The maximum atomic E-state index is 14.3. The fourth-order valence-corrected chi connectivity index (χ4v) is 4.92. The summed E-state index contributed by atoms with van der Waals surface area (Å²) in [5, 5.41) is 0.0185. The predicted octanol–water partition coefficient (Wildman–Crippen LogP) is 4.89. The maximum absolute atomic E-state index is 14.3. The summed E-state index contributed by atoms with van der Waals surface area (Å²) in [5.41, 5.74) is 6.24. The van der Waals surface area contributed by atoms with Gasteiger partial charge < -0.3 is 15.0 Å². The fraction of sp³-hybridized carbons (Fsp3) is 0.500. The van der Waals surface area contributed by atoms with E-state index in [9.17, 15) is 31.1 Å². The number of primary amides is 1. The zero-order valence-corrected chi connectivity index (χ0v) is 21.0. The number of nitrogens with two attached hydrogens (primary N) is 1. The molecule has 11 heteroatoms. The number of para-hydroxylation sites is 1. The van der Waals surface area contributed by atoms with Crippen molar-refractivity contribution in [2.45, 2.75) is 68.5 Å². The van der Waals surface area contributed by atoms with Gasteiger partial charge in [-0.15, -0.1) is 0 Å². The Bertz CT molecular complexity index is 1140. The summed E-state index contributed by atoms with van der Waals surface area (Å²) in [4.78, 5) is 13.6. The molecule has 1 unspecified atom stereocenters. The van der Waals surface area contributed by atoms with E-state index >= 15 is 0 Å². The molecule has 0 spiro atoms. The summed E-state index contributed by atoms with van der Waals surface area (Å²) in [6.07, 6.45) is 0.164. The number of amides is 1. The van der Waals surface area contributed by atoms with Crippen LogP contribution in [0.2, 0.25) is 0 Å². The molecule has 0 radical (unpaired) electrons. The predicted molar refractivity (Wildman–Crippen MR) is 129 cm³/mol. The van der Waals surface area contributed by atoms with Crippen LogP contribution in [0.3, 0.4) is 0 Å². The van der Waals surface area contributed by atoms with E-state index in [-0.39, 0.29) is 22.7 Å². The van der Waals surface area contributed by atoms with Gasteiger partial charge in [0.2, 0.25) is 0 Å². The molecule has 1 aliphatic heterocycles. The van der Waals surface area contributed by atoms with Gasteiger partial charge in [-0.05, 0) is 79.8 Å². The first-order valence-corrected chi connectivity index (χ1v) is 13.4. The van der Waals surface area contributed by atoms with E-state index in [4.69, 9.17) is 10.5 Å². The van der Waals surface area contributed by atoms with Gasteiger partial charge >= 0.3 is 6.18 Å². The highest BCUT2D eigenvalue weighted by Crippen LogP contribution is 2.43. The lowest BCUT2D eigenvalue weighted by Gasteiger charge is -2.33. The first-order chi connectivity index (χ1) is 17.5. The zero-order chi connectivity index (χ0) is 26.7. The molecule has 37 heavy (non-hydrogen) atoms. The average molecular weight is 542 g/mol. The number of alkyl halides is 3. The van der Waals surface area contributed by atoms with Gasteiger partial charge in [0.25, 0.3) is 5.91 Å². The van der Waals surface area contributed by atoms with Crippen molar-refractivity contribution in [1.29, 1.82) is 0 Å². The van der Waals surface area contributed by atoms with Crippen LogP contribution >= 0.6 is 0 Å². The second kappa shape index (κ2) is 11.5. The van der Waals surface area contributed by atoms with E-state index in [0.717, 1.165) is 42.9 Å². The Morgan fingerprint density at radius 3 is 2.24 bits per heavy atom. The number of rotatable bonds is 7. The molecular weight excluding hydrogens is 512 g/mol. The summed E-state index contributed by atoms with van der Waals surface area (Å²) in [7, 11) is 0. The molecular formula is C26H29F4N2O4S-. The van der Waals surface area contributed by atoms with Gasteiger partial charge in [-0.1, -0.05) is 23.2 Å². The van der Waals surface area contributed by atoms with Crippen LogP contribution in [0.25, 0.3) is 0 Å². The Hall–Kier alpha value is -2.50. The number of benzene rings is 2. The van der Waals surface area contributed by atoms with E-state index in [1.165, 1.54) is 24.3 Å². The first-order valence-electron chi connectivity index (χ1n) is 12.3. The molecule has 1 atom stereocenters. The summed E-state index contributed by atoms with van der Waals surface area (Å²) in [6.45, 7) is 1.78. The first kappa shape index (κ1) is 27.5. The molecule has 2 saturated carbocycles. The van der Waals surface area contributed by atoms with Gasteiger partial charge in [-0.2, -0.15) is 13.2 Å². The third-order valence-corrected chi connectivity index (χ3v) is 7.74. The molecule has 1 amide bonds. The van der Waals surface area contributed by atoms with E-state index < -0.39 is 34.5 Å². The molecule has 1 saturated heterocycles. The minimum absolute atomic E-state index is 0.0185. The van der Waals surface area contributed by atoms with Crippen molar-refractivity contribution in [1.82, 2.24) is 4.90 Å². The Labute approximate surface area is 215 Å². The highest BCUT2D eigenvalue weighted by Gasteiger charge is 2.35. The van der Waals surface area contributed by atoms with Crippen LogP contribution < -0.4 is 10.5 Å². The molecule has 202 valence electrons. The number of likely N-dealkylation sites (tertiary alicyclic amines) is 1. The second-order valence-corrected chi connectivity index (χ2v) is 10.9. The van der Waals surface area contributed by atoms with Gasteiger partial charge in [0.1, 0.15) is 17.7 Å². The van der Waals surface area contributed by atoms with Crippen molar-refractivity contribution in [2.24, 2.45) is 5.73 Å². The Kier molecular flexibility index (Phi) is 8.55. The van der Waals surface area contributed by atoms with Crippen LogP contribution in [0.1, 0.15) is 71.5 Å². The standard InChI is InChI=1S/C23H24F4N2O2.C3H6O2S/c24-20-11-15(17(14-5-6-14)12-18(20)22(28)30)13-29-9-7-16(8-10-29)31-21-4-2-1-3-19(21)23(25,26)27;4-6(5)3-1-2-3/h1-4,11-12,14,16H,5-10,13H2,(H2,28,30);3H,1-2H2,(H,4,5)/p-1. The number of piperidine rings is 1. The van der Waals surface area contributed by atoms with Crippen LogP contribution in [0, 0.1) is 5.82 Å².